The summed E-state index contributed by atoms with van der Waals surface area (Å²) in [4.78, 5) is 23.8. The van der Waals surface area contributed by atoms with Gasteiger partial charge in [-0.3, -0.25) is 4.79 Å². The first-order valence-corrected chi connectivity index (χ1v) is 6.33. The normalized spacial score (nSPS) is 22.6. The molecule has 0 bridgehead atoms. The number of Topliss-reactive ketones (excluding diaryl/α,β-unsaturated/α-hetero) is 1. The predicted molar refractivity (Wildman–Crippen MR) is 73.7 cm³/mol. The molecule has 0 saturated carbocycles. The fraction of sp³-hybridized carbons (Fsp3) is 0.375. The topological polar surface area (TPSA) is 54.4 Å². The zero-order valence-corrected chi connectivity index (χ0v) is 15.3. The zero-order chi connectivity index (χ0) is 14.5. The van der Waals surface area contributed by atoms with Crippen molar-refractivity contribution in [2.45, 2.75) is 34.6 Å². The molecule has 2 rings (SSSR count). The third-order valence-corrected chi connectivity index (χ3v) is 4.39. The van der Waals surface area contributed by atoms with Gasteiger partial charge in [0.15, 0.2) is 5.78 Å². The van der Waals surface area contributed by atoms with E-state index in [1.807, 2.05) is 33.8 Å². The molecule has 4 heteroatoms. The molecule has 1 radical (unpaired) electrons. The van der Waals surface area contributed by atoms with Crippen molar-refractivity contribution in [3.63, 3.8) is 0 Å². The minimum Gasteiger partial charge on any atom is -0.478 e. The summed E-state index contributed by atoms with van der Waals surface area (Å²) in [6.07, 6.45) is 2.02. The average Bonchev–Trinajstić information content (AvgIpc) is 2.32. The number of ketones is 1. The van der Waals surface area contributed by atoms with Gasteiger partial charge in [0.25, 0.3) is 0 Å². The SMILES string of the molecule is CC1=CC2=C(C)C(C)=C(C(=O)O)C(=O)C2C(C)=C1C.[Y]. The first-order valence-electron chi connectivity index (χ1n) is 6.33. The van der Waals surface area contributed by atoms with Crippen molar-refractivity contribution in [1.29, 1.82) is 0 Å². The molecule has 1 unspecified atom stereocenters. The summed E-state index contributed by atoms with van der Waals surface area (Å²) in [6.45, 7) is 9.52. The van der Waals surface area contributed by atoms with Crippen LogP contribution in [0.4, 0.5) is 0 Å². The van der Waals surface area contributed by atoms with Gasteiger partial charge in [0.1, 0.15) is 5.57 Å². The van der Waals surface area contributed by atoms with Crippen molar-refractivity contribution in [2.75, 3.05) is 0 Å². The van der Waals surface area contributed by atoms with Gasteiger partial charge in [-0.25, -0.2) is 4.79 Å². The number of hydrogen-bond donors (Lipinski definition) is 1. The molecule has 2 aliphatic rings. The number of allylic oxidation sites excluding steroid dienone is 7. The minimum atomic E-state index is -1.13. The Bertz CT molecular complexity index is 630. The fourth-order valence-electron chi connectivity index (χ4n) is 2.85. The molecule has 1 N–H and O–H groups in total. The molecule has 0 spiro atoms. The average molecular weight is 347 g/mol. The van der Waals surface area contributed by atoms with Gasteiger partial charge in [0, 0.05) is 32.7 Å². The minimum absolute atomic E-state index is 0. The van der Waals surface area contributed by atoms with Crippen LogP contribution in [-0.4, -0.2) is 16.9 Å². The number of carbonyl (C=O) groups is 2. The molecule has 0 aromatic rings. The van der Waals surface area contributed by atoms with Crippen LogP contribution in [-0.2, 0) is 42.3 Å². The van der Waals surface area contributed by atoms with Gasteiger partial charge in [0.2, 0.25) is 0 Å². The molecule has 2 aliphatic carbocycles. The van der Waals surface area contributed by atoms with Gasteiger partial charge >= 0.3 is 5.97 Å². The fourth-order valence-corrected chi connectivity index (χ4v) is 2.85. The van der Waals surface area contributed by atoms with Crippen LogP contribution in [0.1, 0.15) is 34.6 Å². The maximum absolute atomic E-state index is 12.5. The molecule has 103 valence electrons. The Balaban J connectivity index is 0.00000200. The first-order chi connectivity index (χ1) is 8.77. The van der Waals surface area contributed by atoms with E-state index < -0.39 is 11.9 Å². The van der Waals surface area contributed by atoms with Gasteiger partial charge in [-0.15, -0.1) is 0 Å². The van der Waals surface area contributed by atoms with Crippen molar-refractivity contribution < 1.29 is 47.4 Å². The van der Waals surface area contributed by atoms with E-state index in [0.717, 1.165) is 27.9 Å². The van der Waals surface area contributed by atoms with Gasteiger partial charge < -0.3 is 5.11 Å². The zero-order valence-electron chi connectivity index (χ0n) is 12.5. The van der Waals surface area contributed by atoms with Crippen LogP contribution in [0.2, 0.25) is 0 Å². The van der Waals surface area contributed by atoms with E-state index in [2.05, 4.69) is 0 Å². The molecule has 3 nitrogen and oxygen atoms in total. The summed E-state index contributed by atoms with van der Waals surface area (Å²) in [7, 11) is 0. The van der Waals surface area contributed by atoms with Crippen molar-refractivity contribution >= 4 is 11.8 Å². The van der Waals surface area contributed by atoms with E-state index >= 15 is 0 Å². The van der Waals surface area contributed by atoms with Crippen molar-refractivity contribution in [3.05, 3.63) is 45.1 Å². The van der Waals surface area contributed by atoms with Crippen LogP contribution >= 0.6 is 0 Å². The van der Waals surface area contributed by atoms with Gasteiger partial charge in [-0.1, -0.05) is 11.6 Å². The Morgan fingerprint density at radius 3 is 2.10 bits per heavy atom. The van der Waals surface area contributed by atoms with E-state index in [0.29, 0.717) is 5.57 Å². The number of fused-ring (bicyclic) bond motifs is 1. The quantitative estimate of drug-likeness (QED) is 0.741. The van der Waals surface area contributed by atoms with Gasteiger partial charge in [-0.2, -0.15) is 0 Å². The van der Waals surface area contributed by atoms with Crippen molar-refractivity contribution in [1.82, 2.24) is 0 Å². The van der Waals surface area contributed by atoms with E-state index in [4.69, 9.17) is 0 Å². The van der Waals surface area contributed by atoms with Crippen LogP contribution in [0.3, 0.4) is 0 Å². The summed E-state index contributed by atoms with van der Waals surface area (Å²) in [5, 5.41) is 9.26. The monoisotopic (exact) mass is 347 g/mol. The number of carboxylic acid groups (broad SMARTS) is 1. The Labute approximate surface area is 144 Å². The summed E-state index contributed by atoms with van der Waals surface area (Å²) in [5.74, 6) is -1.83. The third kappa shape index (κ3) is 2.42. The Hall–Kier alpha value is -0.796. The molecule has 0 amide bonds. The van der Waals surface area contributed by atoms with E-state index in [1.165, 1.54) is 0 Å². The summed E-state index contributed by atoms with van der Waals surface area (Å²) < 4.78 is 0. The molecule has 0 fully saturated rings. The van der Waals surface area contributed by atoms with Gasteiger partial charge in [-0.05, 0) is 62.5 Å². The second kappa shape index (κ2) is 5.91. The molecule has 0 saturated heterocycles. The van der Waals surface area contributed by atoms with E-state index in [9.17, 15) is 14.7 Å². The number of hydrogen-bond acceptors (Lipinski definition) is 2. The molecule has 0 aromatic heterocycles. The Kier molecular flexibility index (Phi) is 5.10. The standard InChI is InChI=1S/C16H18O3.Y/c1-7-6-12-9(3)11(5)14(16(18)19)15(17)13(12)10(4)8(7)2;/h6,13H,1-5H3,(H,18,19);. The summed E-state index contributed by atoms with van der Waals surface area (Å²) >= 11 is 0. The summed E-state index contributed by atoms with van der Waals surface area (Å²) in [5.41, 5.74) is 5.57. The second-order valence-corrected chi connectivity index (χ2v) is 5.32. The molecule has 0 aromatic carbocycles. The molecule has 0 heterocycles. The van der Waals surface area contributed by atoms with Crippen LogP contribution in [0.15, 0.2) is 45.1 Å². The van der Waals surface area contributed by atoms with Crippen molar-refractivity contribution in [2.24, 2.45) is 5.92 Å². The molecular formula is C16H18O3Y. The number of carbonyl (C=O) groups excluding carboxylic acids is 1. The smallest absolute Gasteiger partial charge is 0.339 e. The third-order valence-electron chi connectivity index (χ3n) is 4.39. The Morgan fingerprint density at radius 2 is 1.60 bits per heavy atom. The largest absolute Gasteiger partial charge is 0.478 e. The van der Waals surface area contributed by atoms with Crippen LogP contribution < -0.4 is 0 Å². The maximum atomic E-state index is 12.5. The number of carboxylic acids is 1. The molecular weight excluding hydrogens is 329 g/mol. The van der Waals surface area contributed by atoms with Gasteiger partial charge in [0.05, 0.1) is 5.92 Å². The Morgan fingerprint density at radius 1 is 1.05 bits per heavy atom. The number of aliphatic carboxylic acids is 1. The molecule has 20 heavy (non-hydrogen) atoms. The van der Waals surface area contributed by atoms with Crippen LogP contribution in [0, 0.1) is 5.92 Å². The van der Waals surface area contributed by atoms with Crippen molar-refractivity contribution in [3.8, 4) is 0 Å². The second-order valence-electron chi connectivity index (χ2n) is 5.32. The van der Waals surface area contributed by atoms with E-state index in [1.54, 1.807) is 6.92 Å². The first kappa shape index (κ1) is 17.3. The van der Waals surface area contributed by atoms with E-state index in [-0.39, 0.29) is 44.1 Å². The maximum Gasteiger partial charge on any atom is 0.339 e. The van der Waals surface area contributed by atoms with Crippen LogP contribution in [0.25, 0.3) is 0 Å². The predicted octanol–water partition coefficient (Wildman–Crippen LogP) is 3.20. The number of rotatable bonds is 1. The van der Waals surface area contributed by atoms with Crippen LogP contribution in [0.5, 0.6) is 0 Å². The molecule has 1 atom stereocenters. The molecule has 0 aliphatic heterocycles. The summed E-state index contributed by atoms with van der Waals surface area (Å²) in [6, 6.07) is 0.